The number of rotatable bonds is 7. The maximum Gasteiger partial charge on any atom is 0.161 e. The molecule has 1 aliphatic carbocycles. The molecule has 0 spiro atoms. The minimum atomic E-state index is -0.0367. The highest BCUT2D eigenvalue weighted by atomic mass is 16.5. The van der Waals surface area contributed by atoms with Gasteiger partial charge in [-0.15, -0.1) is 0 Å². The molecule has 0 radical (unpaired) electrons. The number of benzene rings is 1. The first-order chi connectivity index (χ1) is 8.78. The summed E-state index contributed by atoms with van der Waals surface area (Å²) in [5.74, 6) is 2.20. The van der Waals surface area contributed by atoms with Crippen LogP contribution in [0, 0.1) is 5.92 Å². The zero-order valence-corrected chi connectivity index (χ0v) is 11.0. The molecule has 1 saturated carbocycles. The quantitative estimate of drug-likeness (QED) is 0.775. The molecule has 1 aromatic rings. The molecule has 0 bridgehead atoms. The van der Waals surface area contributed by atoms with E-state index < -0.39 is 0 Å². The van der Waals surface area contributed by atoms with Crippen molar-refractivity contribution in [1.82, 2.24) is 5.32 Å². The second-order valence-electron chi connectivity index (χ2n) is 4.70. The van der Waals surface area contributed by atoms with E-state index in [0.29, 0.717) is 11.5 Å². The highest BCUT2D eigenvalue weighted by Gasteiger charge is 2.22. The van der Waals surface area contributed by atoms with Crippen LogP contribution in [0.1, 0.15) is 24.4 Å². The monoisotopic (exact) mass is 251 g/mol. The van der Waals surface area contributed by atoms with Gasteiger partial charge in [0.15, 0.2) is 11.5 Å². The van der Waals surface area contributed by atoms with Crippen LogP contribution < -0.4 is 14.8 Å². The Morgan fingerprint density at radius 3 is 2.56 bits per heavy atom. The first-order valence-corrected chi connectivity index (χ1v) is 6.34. The van der Waals surface area contributed by atoms with E-state index in [1.807, 2.05) is 18.2 Å². The molecule has 0 heterocycles. The van der Waals surface area contributed by atoms with Gasteiger partial charge in [0.05, 0.1) is 26.9 Å². The second kappa shape index (κ2) is 6.07. The van der Waals surface area contributed by atoms with Gasteiger partial charge in [0, 0.05) is 0 Å². The number of hydrogen-bond donors (Lipinski definition) is 2. The van der Waals surface area contributed by atoms with Crippen LogP contribution >= 0.6 is 0 Å². The van der Waals surface area contributed by atoms with Crippen LogP contribution in [0.4, 0.5) is 0 Å². The molecule has 0 aliphatic heterocycles. The van der Waals surface area contributed by atoms with Gasteiger partial charge >= 0.3 is 0 Å². The molecular weight excluding hydrogens is 230 g/mol. The van der Waals surface area contributed by atoms with Crippen molar-refractivity contribution in [3.8, 4) is 11.5 Å². The molecule has 1 unspecified atom stereocenters. The third-order valence-corrected chi connectivity index (χ3v) is 3.34. The molecule has 2 rings (SSSR count). The van der Waals surface area contributed by atoms with E-state index in [0.717, 1.165) is 18.0 Å². The van der Waals surface area contributed by atoms with Crippen molar-refractivity contribution < 1.29 is 14.6 Å². The van der Waals surface area contributed by atoms with E-state index in [-0.39, 0.29) is 12.6 Å². The average molecular weight is 251 g/mol. The zero-order chi connectivity index (χ0) is 13.0. The maximum absolute atomic E-state index is 9.47. The fraction of sp³-hybridized carbons (Fsp3) is 0.571. The van der Waals surface area contributed by atoms with Crippen molar-refractivity contribution in [2.24, 2.45) is 5.92 Å². The topological polar surface area (TPSA) is 50.7 Å². The summed E-state index contributed by atoms with van der Waals surface area (Å²) in [5, 5.41) is 12.9. The van der Waals surface area contributed by atoms with E-state index in [1.54, 1.807) is 14.2 Å². The first-order valence-electron chi connectivity index (χ1n) is 6.34. The predicted molar refractivity (Wildman–Crippen MR) is 70.1 cm³/mol. The Balaban J connectivity index is 2.08. The van der Waals surface area contributed by atoms with E-state index in [9.17, 15) is 5.11 Å². The number of nitrogens with one attached hydrogen (secondary N) is 1. The fourth-order valence-corrected chi connectivity index (χ4v) is 1.99. The van der Waals surface area contributed by atoms with Gasteiger partial charge in [-0.05, 0) is 43.0 Å². The van der Waals surface area contributed by atoms with Gasteiger partial charge in [0.25, 0.3) is 0 Å². The summed E-state index contributed by atoms with van der Waals surface area (Å²) in [6.07, 6.45) is 2.61. The van der Waals surface area contributed by atoms with E-state index >= 15 is 0 Å². The van der Waals surface area contributed by atoms with Crippen molar-refractivity contribution in [3.05, 3.63) is 23.8 Å². The summed E-state index contributed by atoms with van der Waals surface area (Å²) >= 11 is 0. The molecular formula is C14H21NO3. The van der Waals surface area contributed by atoms with Crippen LogP contribution in [-0.2, 0) is 0 Å². The SMILES string of the molecule is COc1ccc(C(CO)NCC2CC2)cc1OC. The second-order valence-corrected chi connectivity index (χ2v) is 4.70. The smallest absolute Gasteiger partial charge is 0.161 e. The Kier molecular flexibility index (Phi) is 4.44. The van der Waals surface area contributed by atoms with Crippen LogP contribution in [-0.4, -0.2) is 32.5 Å². The summed E-state index contributed by atoms with van der Waals surface area (Å²) in [6, 6.07) is 5.71. The fourth-order valence-electron chi connectivity index (χ4n) is 1.99. The van der Waals surface area contributed by atoms with Crippen molar-refractivity contribution in [1.29, 1.82) is 0 Å². The standard InChI is InChI=1S/C14H21NO3/c1-17-13-6-5-11(7-14(13)18-2)12(9-16)15-8-10-3-4-10/h5-7,10,12,15-16H,3-4,8-9H2,1-2H3. The zero-order valence-electron chi connectivity index (χ0n) is 11.0. The summed E-state index contributed by atoms with van der Waals surface area (Å²) in [7, 11) is 3.24. The number of ether oxygens (including phenoxy) is 2. The normalized spacial score (nSPS) is 16.4. The molecule has 100 valence electrons. The summed E-state index contributed by atoms with van der Waals surface area (Å²) in [5.41, 5.74) is 1.02. The van der Waals surface area contributed by atoms with Crippen LogP contribution in [0.2, 0.25) is 0 Å². The molecule has 1 aliphatic rings. The summed E-state index contributed by atoms with van der Waals surface area (Å²) in [6.45, 7) is 1.06. The number of methoxy groups -OCH3 is 2. The largest absolute Gasteiger partial charge is 0.493 e. The Hall–Kier alpha value is -1.26. The minimum absolute atomic E-state index is 0.0367. The Labute approximate surface area is 108 Å². The lowest BCUT2D eigenvalue weighted by Gasteiger charge is -2.18. The highest BCUT2D eigenvalue weighted by Crippen LogP contribution is 2.31. The van der Waals surface area contributed by atoms with Gasteiger partial charge < -0.3 is 19.9 Å². The number of aliphatic hydroxyl groups excluding tert-OH is 1. The lowest BCUT2D eigenvalue weighted by atomic mass is 10.1. The van der Waals surface area contributed by atoms with Gasteiger partial charge in [0.1, 0.15) is 0 Å². The molecule has 0 amide bonds. The van der Waals surface area contributed by atoms with E-state index in [2.05, 4.69) is 5.32 Å². The molecule has 2 N–H and O–H groups in total. The molecule has 4 heteroatoms. The van der Waals surface area contributed by atoms with Gasteiger partial charge in [-0.1, -0.05) is 6.07 Å². The van der Waals surface area contributed by atoms with E-state index in [1.165, 1.54) is 12.8 Å². The van der Waals surface area contributed by atoms with Crippen LogP contribution in [0.25, 0.3) is 0 Å². The molecule has 4 nitrogen and oxygen atoms in total. The molecule has 1 atom stereocenters. The molecule has 18 heavy (non-hydrogen) atoms. The maximum atomic E-state index is 9.47. The van der Waals surface area contributed by atoms with Gasteiger partial charge in [-0.2, -0.15) is 0 Å². The Bertz CT molecular complexity index is 391. The van der Waals surface area contributed by atoms with Crippen LogP contribution in [0.5, 0.6) is 11.5 Å². The molecule has 1 fully saturated rings. The molecule has 0 aromatic heterocycles. The van der Waals surface area contributed by atoms with Crippen molar-refractivity contribution in [2.75, 3.05) is 27.4 Å². The van der Waals surface area contributed by atoms with Crippen molar-refractivity contribution in [2.45, 2.75) is 18.9 Å². The van der Waals surface area contributed by atoms with Crippen LogP contribution in [0.15, 0.2) is 18.2 Å². The lowest BCUT2D eigenvalue weighted by Crippen LogP contribution is -2.26. The summed E-state index contributed by atoms with van der Waals surface area (Å²) < 4.78 is 10.5. The Morgan fingerprint density at radius 1 is 1.28 bits per heavy atom. The summed E-state index contributed by atoms with van der Waals surface area (Å²) in [4.78, 5) is 0. The van der Waals surface area contributed by atoms with Gasteiger partial charge in [-0.3, -0.25) is 0 Å². The third kappa shape index (κ3) is 3.15. The lowest BCUT2D eigenvalue weighted by molar-refractivity contribution is 0.243. The Morgan fingerprint density at radius 2 is 2.00 bits per heavy atom. The van der Waals surface area contributed by atoms with Gasteiger partial charge in [0.2, 0.25) is 0 Å². The first kappa shape index (κ1) is 13.2. The third-order valence-electron chi connectivity index (χ3n) is 3.34. The minimum Gasteiger partial charge on any atom is -0.493 e. The van der Waals surface area contributed by atoms with Crippen molar-refractivity contribution in [3.63, 3.8) is 0 Å². The molecule has 0 saturated heterocycles. The van der Waals surface area contributed by atoms with Crippen molar-refractivity contribution >= 4 is 0 Å². The molecule has 1 aromatic carbocycles. The number of hydrogen-bond acceptors (Lipinski definition) is 4. The van der Waals surface area contributed by atoms with Crippen LogP contribution in [0.3, 0.4) is 0 Å². The predicted octanol–water partition coefficient (Wildman–Crippen LogP) is 1.74. The highest BCUT2D eigenvalue weighted by molar-refractivity contribution is 5.43. The van der Waals surface area contributed by atoms with E-state index in [4.69, 9.17) is 9.47 Å². The average Bonchev–Trinajstić information content (AvgIpc) is 3.23. The van der Waals surface area contributed by atoms with Gasteiger partial charge in [-0.25, -0.2) is 0 Å². The number of aliphatic hydroxyl groups is 1.